The highest BCUT2D eigenvalue weighted by atomic mass is 32.1. The van der Waals surface area contributed by atoms with Gasteiger partial charge in [0.1, 0.15) is 0 Å². The zero-order chi connectivity index (χ0) is 19.1. The van der Waals surface area contributed by atoms with Crippen molar-refractivity contribution in [1.82, 2.24) is 9.97 Å². The maximum absolute atomic E-state index is 12.9. The van der Waals surface area contributed by atoms with Gasteiger partial charge in [-0.2, -0.15) is 0 Å². The molecule has 0 aromatic carbocycles. The van der Waals surface area contributed by atoms with Gasteiger partial charge in [-0.15, -0.1) is 11.3 Å². The van der Waals surface area contributed by atoms with Crippen LogP contribution in [-0.2, 0) is 6.54 Å². The van der Waals surface area contributed by atoms with E-state index in [-0.39, 0.29) is 5.91 Å². The van der Waals surface area contributed by atoms with Crippen molar-refractivity contribution in [2.75, 3.05) is 19.1 Å². The fraction of sp³-hybridized carbons (Fsp3) is 0.250. The molecule has 0 unspecified atom stereocenters. The molecule has 0 saturated carbocycles. The summed E-state index contributed by atoms with van der Waals surface area (Å²) < 4.78 is 10.5. The average molecular weight is 381 g/mol. The Morgan fingerprint density at radius 1 is 1.15 bits per heavy atom. The molecule has 7 heteroatoms. The van der Waals surface area contributed by atoms with E-state index in [4.69, 9.17) is 14.5 Å². The van der Waals surface area contributed by atoms with Crippen molar-refractivity contribution in [3.63, 3.8) is 0 Å². The number of nitrogens with zero attached hydrogens (tertiary/aromatic N) is 3. The summed E-state index contributed by atoms with van der Waals surface area (Å²) in [5, 5.41) is 0.948. The number of hydrogen-bond acceptors (Lipinski definition) is 6. The van der Waals surface area contributed by atoms with Crippen LogP contribution in [0.3, 0.4) is 0 Å². The topological polar surface area (TPSA) is 64.5 Å². The van der Waals surface area contributed by atoms with Gasteiger partial charge in [0.2, 0.25) is 0 Å². The monoisotopic (exact) mass is 381 g/mol. The van der Waals surface area contributed by atoms with Crippen LogP contribution >= 0.6 is 11.3 Å². The van der Waals surface area contributed by atoms with Crippen molar-refractivity contribution >= 4 is 22.2 Å². The molecule has 1 amide bonds. The average Bonchev–Trinajstić information content (AvgIpc) is 3.24. The number of pyridine rings is 2. The number of carbonyl (C=O) groups excluding carboxylic acids is 1. The molecule has 1 aliphatic heterocycles. The molecular weight excluding hydrogens is 362 g/mol. The highest BCUT2D eigenvalue weighted by Gasteiger charge is 2.32. The first-order valence-electron chi connectivity index (χ1n) is 8.49. The van der Waals surface area contributed by atoms with Gasteiger partial charge in [0.05, 0.1) is 42.7 Å². The summed E-state index contributed by atoms with van der Waals surface area (Å²) >= 11 is 1.61. The Labute approximate surface area is 161 Å². The van der Waals surface area contributed by atoms with Gasteiger partial charge in [-0.05, 0) is 43.7 Å². The fourth-order valence-electron chi connectivity index (χ4n) is 3.27. The lowest BCUT2D eigenvalue weighted by atomic mass is 10.1. The van der Waals surface area contributed by atoms with Gasteiger partial charge in [0, 0.05) is 16.6 Å². The lowest BCUT2D eigenvalue weighted by Gasteiger charge is -2.12. The van der Waals surface area contributed by atoms with Crippen LogP contribution in [0.2, 0.25) is 0 Å². The van der Waals surface area contributed by atoms with E-state index >= 15 is 0 Å². The lowest BCUT2D eigenvalue weighted by molar-refractivity contribution is 0.0996. The highest BCUT2D eigenvalue weighted by molar-refractivity contribution is 7.16. The van der Waals surface area contributed by atoms with E-state index in [1.54, 1.807) is 36.7 Å². The zero-order valence-electron chi connectivity index (χ0n) is 15.6. The minimum Gasteiger partial charge on any atom is -0.491 e. The summed E-state index contributed by atoms with van der Waals surface area (Å²) in [6, 6.07) is 7.77. The second kappa shape index (κ2) is 6.66. The van der Waals surface area contributed by atoms with Gasteiger partial charge >= 0.3 is 0 Å². The van der Waals surface area contributed by atoms with Gasteiger partial charge < -0.3 is 9.47 Å². The van der Waals surface area contributed by atoms with Crippen LogP contribution < -0.4 is 14.4 Å². The second-order valence-corrected chi connectivity index (χ2v) is 7.62. The Hall–Kier alpha value is -2.93. The number of fused-ring (bicyclic) bond motifs is 1. The number of anilines is 1. The number of thiophene rings is 1. The third kappa shape index (κ3) is 2.94. The number of methoxy groups -OCH3 is 2. The van der Waals surface area contributed by atoms with Crippen molar-refractivity contribution in [3.8, 4) is 22.9 Å². The molecule has 4 heterocycles. The van der Waals surface area contributed by atoms with Gasteiger partial charge in [-0.25, -0.2) is 4.98 Å². The largest absolute Gasteiger partial charge is 0.491 e. The normalized spacial score (nSPS) is 13.0. The molecule has 0 atom stereocenters. The van der Waals surface area contributed by atoms with Crippen molar-refractivity contribution < 1.29 is 14.3 Å². The zero-order valence-corrected chi connectivity index (χ0v) is 16.4. The molecule has 27 heavy (non-hydrogen) atoms. The molecule has 3 aromatic heterocycles. The smallest absolute Gasteiger partial charge is 0.261 e. The van der Waals surface area contributed by atoms with Crippen LogP contribution in [0.15, 0.2) is 30.5 Å². The molecule has 6 nitrogen and oxygen atoms in total. The van der Waals surface area contributed by atoms with E-state index < -0.39 is 0 Å². The number of ether oxygens (including phenoxy) is 2. The van der Waals surface area contributed by atoms with Crippen LogP contribution in [0.4, 0.5) is 5.00 Å². The van der Waals surface area contributed by atoms with Crippen molar-refractivity contribution in [3.05, 3.63) is 52.2 Å². The molecule has 0 N–H and O–H groups in total. The van der Waals surface area contributed by atoms with E-state index in [9.17, 15) is 4.79 Å². The summed E-state index contributed by atoms with van der Waals surface area (Å²) in [4.78, 5) is 24.9. The number of carbonyl (C=O) groups is 1. The number of rotatable bonds is 4. The number of amides is 1. The quantitative estimate of drug-likeness (QED) is 0.683. The maximum atomic E-state index is 12.9. The molecule has 138 valence electrons. The maximum Gasteiger partial charge on any atom is 0.261 e. The Bertz CT molecular complexity index is 1040. The van der Waals surface area contributed by atoms with Crippen LogP contribution in [0.5, 0.6) is 11.6 Å². The van der Waals surface area contributed by atoms with E-state index in [2.05, 4.69) is 4.98 Å². The predicted octanol–water partition coefficient (Wildman–Crippen LogP) is 4.00. The predicted molar refractivity (Wildman–Crippen MR) is 105 cm³/mol. The molecule has 0 bridgehead atoms. The lowest BCUT2D eigenvalue weighted by Crippen LogP contribution is -2.22. The summed E-state index contributed by atoms with van der Waals surface area (Å²) in [7, 11) is 3.12. The molecule has 0 fully saturated rings. The van der Waals surface area contributed by atoms with Crippen molar-refractivity contribution in [1.29, 1.82) is 0 Å². The summed E-state index contributed by atoms with van der Waals surface area (Å²) in [5.41, 5.74) is 3.97. The van der Waals surface area contributed by atoms with Crippen molar-refractivity contribution in [2.45, 2.75) is 20.4 Å². The molecule has 0 spiro atoms. The molecule has 1 aliphatic rings. The SMILES string of the molecule is COc1cc(-c2cc(C)c3c(n2)CN(c2ccc(C)s2)C3=O)cnc1OC. The van der Waals surface area contributed by atoms with Gasteiger partial charge in [0.15, 0.2) is 5.75 Å². The Morgan fingerprint density at radius 2 is 1.96 bits per heavy atom. The molecular formula is C20H19N3O3S. The molecule has 0 saturated heterocycles. The molecule has 4 rings (SSSR count). The third-order valence-corrected chi connectivity index (χ3v) is 5.60. The van der Waals surface area contributed by atoms with Crippen LogP contribution in [0.25, 0.3) is 11.3 Å². The summed E-state index contributed by atoms with van der Waals surface area (Å²) in [6.45, 7) is 4.45. The first-order chi connectivity index (χ1) is 13.0. The van der Waals surface area contributed by atoms with Gasteiger partial charge in [0.25, 0.3) is 11.8 Å². The highest BCUT2D eigenvalue weighted by Crippen LogP contribution is 2.36. The van der Waals surface area contributed by atoms with E-state index in [1.807, 2.05) is 38.1 Å². The van der Waals surface area contributed by atoms with Gasteiger partial charge in [-0.3, -0.25) is 14.7 Å². The van der Waals surface area contributed by atoms with Crippen molar-refractivity contribution in [2.24, 2.45) is 0 Å². The third-order valence-electron chi connectivity index (χ3n) is 4.58. The van der Waals surface area contributed by atoms with Gasteiger partial charge in [-0.1, -0.05) is 0 Å². The number of aromatic nitrogens is 2. The van der Waals surface area contributed by atoms with E-state index in [0.29, 0.717) is 23.7 Å². The first kappa shape index (κ1) is 17.5. The number of hydrogen-bond donors (Lipinski definition) is 0. The Kier molecular flexibility index (Phi) is 4.31. The van der Waals surface area contributed by atoms with Crippen LogP contribution in [0, 0.1) is 13.8 Å². The Morgan fingerprint density at radius 3 is 2.63 bits per heavy atom. The molecule has 0 aliphatic carbocycles. The van der Waals surface area contributed by atoms with E-state index in [0.717, 1.165) is 27.5 Å². The van der Waals surface area contributed by atoms with E-state index in [1.165, 1.54) is 4.88 Å². The minimum absolute atomic E-state index is 0.00818. The fourth-order valence-corrected chi connectivity index (χ4v) is 4.13. The number of aryl methyl sites for hydroxylation is 2. The molecule has 0 radical (unpaired) electrons. The Balaban J connectivity index is 1.74. The first-order valence-corrected chi connectivity index (χ1v) is 9.30. The summed E-state index contributed by atoms with van der Waals surface area (Å²) in [6.07, 6.45) is 1.70. The van der Waals surface area contributed by atoms with Crippen LogP contribution in [-0.4, -0.2) is 30.1 Å². The minimum atomic E-state index is 0.00818. The molecule has 3 aromatic rings. The second-order valence-electron chi connectivity index (χ2n) is 6.36. The summed E-state index contributed by atoms with van der Waals surface area (Å²) in [5.74, 6) is 0.976. The van der Waals surface area contributed by atoms with Crippen LogP contribution in [0.1, 0.15) is 26.5 Å². The standard InChI is InChI=1S/C20H19N3O3S/c1-11-7-14(13-8-16(25-3)19(26-4)21-9-13)22-15-10-23(20(24)18(11)15)17-6-5-12(2)27-17/h5-9H,10H2,1-4H3.